The van der Waals surface area contributed by atoms with Gasteiger partial charge in [-0.1, -0.05) is 18.2 Å². The van der Waals surface area contributed by atoms with Crippen LogP contribution in [0.1, 0.15) is 5.56 Å². The van der Waals surface area contributed by atoms with E-state index in [0.29, 0.717) is 5.56 Å². The zero-order valence-electron chi connectivity index (χ0n) is 10.8. The lowest BCUT2D eigenvalue weighted by atomic mass is 10.3. The first-order valence-electron chi connectivity index (χ1n) is 6.16. The molecule has 6 nitrogen and oxygen atoms in total. The number of hydrogen-bond donors (Lipinski definition) is 1. The SMILES string of the molecule is OCc1cc(Br)cnc1Oc1ncn(-c2ccccc2)n1. The van der Waals surface area contributed by atoms with Crippen LogP contribution in [0.15, 0.2) is 53.4 Å². The van der Waals surface area contributed by atoms with E-state index in [1.54, 1.807) is 23.3 Å². The summed E-state index contributed by atoms with van der Waals surface area (Å²) in [5.41, 5.74) is 1.44. The van der Waals surface area contributed by atoms with Crippen LogP contribution in [0.25, 0.3) is 5.69 Å². The molecule has 7 heteroatoms. The Labute approximate surface area is 129 Å². The fourth-order valence-electron chi connectivity index (χ4n) is 1.76. The molecule has 2 heterocycles. The maximum Gasteiger partial charge on any atom is 0.342 e. The predicted molar refractivity (Wildman–Crippen MR) is 79.3 cm³/mol. The zero-order chi connectivity index (χ0) is 14.7. The van der Waals surface area contributed by atoms with Gasteiger partial charge in [-0.2, -0.15) is 4.98 Å². The molecule has 0 saturated heterocycles. The van der Waals surface area contributed by atoms with Crippen molar-refractivity contribution in [3.63, 3.8) is 0 Å². The van der Waals surface area contributed by atoms with Crippen LogP contribution in [-0.4, -0.2) is 24.9 Å². The van der Waals surface area contributed by atoms with Crippen LogP contribution in [0.4, 0.5) is 0 Å². The minimum absolute atomic E-state index is 0.170. The lowest BCUT2D eigenvalue weighted by Gasteiger charge is -2.05. The second-order valence-corrected chi connectivity index (χ2v) is 5.10. The van der Waals surface area contributed by atoms with E-state index in [1.165, 1.54) is 0 Å². The highest BCUT2D eigenvalue weighted by Crippen LogP contribution is 2.23. The number of rotatable bonds is 4. The molecular formula is C14H11BrN4O2. The van der Waals surface area contributed by atoms with Crippen LogP contribution in [0.2, 0.25) is 0 Å². The van der Waals surface area contributed by atoms with E-state index in [-0.39, 0.29) is 18.5 Å². The van der Waals surface area contributed by atoms with Crippen molar-refractivity contribution in [2.75, 3.05) is 0 Å². The molecule has 0 atom stereocenters. The molecule has 0 radical (unpaired) electrons. The number of benzene rings is 1. The normalized spacial score (nSPS) is 10.6. The Morgan fingerprint density at radius 2 is 2.00 bits per heavy atom. The molecule has 1 N–H and O–H groups in total. The second-order valence-electron chi connectivity index (χ2n) is 4.19. The molecule has 0 unspecified atom stereocenters. The number of nitrogens with zero attached hydrogens (tertiary/aromatic N) is 4. The van der Waals surface area contributed by atoms with Gasteiger partial charge in [0, 0.05) is 16.2 Å². The van der Waals surface area contributed by atoms with Gasteiger partial charge in [0.1, 0.15) is 6.33 Å². The summed E-state index contributed by atoms with van der Waals surface area (Å²) in [6.45, 7) is -0.179. The Morgan fingerprint density at radius 1 is 1.19 bits per heavy atom. The number of pyridine rings is 1. The summed E-state index contributed by atoms with van der Waals surface area (Å²) in [4.78, 5) is 8.19. The molecule has 0 fully saturated rings. The molecule has 0 aliphatic rings. The third kappa shape index (κ3) is 3.09. The van der Waals surface area contributed by atoms with Gasteiger partial charge in [-0.15, -0.1) is 5.10 Å². The van der Waals surface area contributed by atoms with Crippen molar-refractivity contribution >= 4 is 15.9 Å². The van der Waals surface area contributed by atoms with Gasteiger partial charge in [0.25, 0.3) is 0 Å². The van der Waals surface area contributed by atoms with Crippen molar-refractivity contribution < 1.29 is 9.84 Å². The number of para-hydroxylation sites is 1. The number of aliphatic hydroxyl groups is 1. The Kier molecular flexibility index (Phi) is 3.94. The second kappa shape index (κ2) is 6.02. The van der Waals surface area contributed by atoms with Gasteiger partial charge in [-0.05, 0) is 34.1 Å². The third-order valence-corrected chi connectivity index (χ3v) is 3.18. The summed E-state index contributed by atoms with van der Waals surface area (Å²) in [6.07, 6.45) is 3.14. The summed E-state index contributed by atoms with van der Waals surface area (Å²) in [6, 6.07) is 11.5. The lowest BCUT2D eigenvalue weighted by Crippen LogP contribution is -1.98. The highest BCUT2D eigenvalue weighted by molar-refractivity contribution is 9.10. The fraction of sp³-hybridized carbons (Fsp3) is 0.0714. The molecule has 0 spiro atoms. The van der Waals surface area contributed by atoms with Crippen molar-refractivity contribution in [3.05, 3.63) is 59.0 Å². The van der Waals surface area contributed by atoms with Crippen molar-refractivity contribution in [2.24, 2.45) is 0 Å². The number of hydrogen-bond acceptors (Lipinski definition) is 5. The molecule has 3 rings (SSSR count). The molecule has 3 aromatic rings. The van der Waals surface area contributed by atoms with Crippen molar-refractivity contribution in [1.29, 1.82) is 0 Å². The summed E-state index contributed by atoms with van der Waals surface area (Å²) >= 11 is 3.29. The summed E-state index contributed by atoms with van der Waals surface area (Å²) in [7, 11) is 0. The minimum Gasteiger partial charge on any atom is -0.404 e. The average Bonchev–Trinajstić information content (AvgIpc) is 2.98. The highest BCUT2D eigenvalue weighted by atomic mass is 79.9. The van der Waals surface area contributed by atoms with Crippen LogP contribution >= 0.6 is 15.9 Å². The maximum absolute atomic E-state index is 9.32. The largest absolute Gasteiger partial charge is 0.404 e. The smallest absolute Gasteiger partial charge is 0.342 e. The van der Waals surface area contributed by atoms with Gasteiger partial charge in [0.05, 0.1) is 12.3 Å². The quantitative estimate of drug-likeness (QED) is 0.786. The van der Waals surface area contributed by atoms with Crippen LogP contribution in [0.5, 0.6) is 11.9 Å². The third-order valence-electron chi connectivity index (χ3n) is 2.74. The predicted octanol–water partition coefficient (Wildman–Crippen LogP) is 2.71. The van der Waals surface area contributed by atoms with Gasteiger partial charge in [-0.25, -0.2) is 9.67 Å². The van der Waals surface area contributed by atoms with E-state index in [1.807, 2.05) is 30.3 Å². The fourth-order valence-corrected chi connectivity index (χ4v) is 2.14. The molecule has 0 aliphatic carbocycles. The first-order chi connectivity index (χ1) is 10.3. The van der Waals surface area contributed by atoms with Gasteiger partial charge in [0.15, 0.2) is 0 Å². The van der Waals surface area contributed by atoms with Crippen LogP contribution in [0.3, 0.4) is 0 Å². The minimum atomic E-state index is -0.179. The average molecular weight is 347 g/mol. The zero-order valence-corrected chi connectivity index (χ0v) is 12.4. The highest BCUT2D eigenvalue weighted by Gasteiger charge is 2.10. The van der Waals surface area contributed by atoms with Crippen molar-refractivity contribution in [2.45, 2.75) is 6.61 Å². The van der Waals surface area contributed by atoms with Crippen LogP contribution in [-0.2, 0) is 6.61 Å². The summed E-state index contributed by atoms with van der Waals surface area (Å²) in [5, 5.41) is 13.5. The molecule has 0 bridgehead atoms. The van der Waals surface area contributed by atoms with E-state index >= 15 is 0 Å². The maximum atomic E-state index is 9.32. The Balaban J connectivity index is 1.85. The molecule has 2 aromatic heterocycles. The molecule has 0 amide bonds. The Morgan fingerprint density at radius 3 is 2.76 bits per heavy atom. The van der Waals surface area contributed by atoms with Crippen LogP contribution in [0, 0.1) is 0 Å². The molecular weight excluding hydrogens is 336 g/mol. The van der Waals surface area contributed by atoms with Gasteiger partial charge >= 0.3 is 6.01 Å². The molecule has 106 valence electrons. The number of ether oxygens (including phenoxy) is 1. The molecule has 0 saturated carbocycles. The molecule has 1 aromatic carbocycles. The standard InChI is InChI=1S/C14H11BrN4O2/c15-11-6-10(8-20)13(16-7-11)21-14-17-9-19(18-14)12-4-2-1-3-5-12/h1-7,9,20H,8H2. The lowest BCUT2D eigenvalue weighted by molar-refractivity contribution is 0.273. The monoisotopic (exact) mass is 346 g/mol. The molecule has 21 heavy (non-hydrogen) atoms. The van der Waals surface area contributed by atoms with Crippen molar-refractivity contribution in [3.8, 4) is 17.6 Å². The number of aliphatic hydroxyl groups excluding tert-OH is 1. The van der Waals surface area contributed by atoms with E-state index in [9.17, 15) is 5.11 Å². The topological polar surface area (TPSA) is 73.1 Å². The van der Waals surface area contributed by atoms with E-state index in [0.717, 1.165) is 10.2 Å². The van der Waals surface area contributed by atoms with E-state index < -0.39 is 0 Å². The first kappa shape index (κ1) is 13.7. The summed E-state index contributed by atoms with van der Waals surface area (Å²) in [5.74, 6) is 0.284. The molecule has 0 aliphatic heterocycles. The van der Waals surface area contributed by atoms with Crippen molar-refractivity contribution in [1.82, 2.24) is 19.7 Å². The number of halogens is 1. The first-order valence-corrected chi connectivity index (χ1v) is 6.96. The van der Waals surface area contributed by atoms with Gasteiger partial charge in [0.2, 0.25) is 5.88 Å². The van der Waals surface area contributed by atoms with Gasteiger partial charge < -0.3 is 9.84 Å². The Hall–Kier alpha value is -2.25. The van der Waals surface area contributed by atoms with Gasteiger partial charge in [-0.3, -0.25) is 0 Å². The summed E-state index contributed by atoms with van der Waals surface area (Å²) < 4.78 is 7.89. The van der Waals surface area contributed by atoms with E-state index in [4.69, 9.17) is 4.74 Å². The number of aromatic nitrogens is 4. The van der Waals surface area contributed by atoms with E-state index in [2.05, 4.69) is 31.0 Å². The Bertz CT molecular complexity index is 746. The van der Waals surface area contributed by atoms with Crippen LogP contribution < -0.4 is 4.74 Å².